The summed E-state index contributed by atoms with van der Waals surface area (Å²) in [6, 6.07) is 10.7. The van der Waals surface area contributed by atoms with Gasteiger partial charge in [-0.15, -0.1) is 0 Å². The summed E-state index contributed by atoms with van der Waals surface area (Å²) in [5.41, 5.74) is 0.974. The Kier molecular flexibility index (Phi) is 4.99. The van der Waals surface area contributed by atoms with Gasteiger partial charge >= 0.3 is 0 Å². The molecule has 29 heavy (non-hydrogen) atoms. The van der Waals surface area contributed by atoms with Crippen molar-refractivity contribution in [3.05, 3.63) is 64.7 Å². The predicted molar refractivity (Wildman–Crippen MR) is 105 cm³/mol. The summed E-state index contributed by atoms with van der Waals surface area (Å²) < 4.78 is 34.2. The molecule has 1 amide bonds. The lowest BCUT2D eigenvalue weighted by atomic mass is 10.1. The van der Waals surface area contributed by atoms with Gasteiger partial charge in [-0.2, -0.15) is 9.82 Å². The molecule has 150 valence electrons. The monoisotopic (exact) mass is 433 g/mol. The first-order valence-corrected chi connectivity index (χ1v) is 10.4. The minimum absolute atomic E-state index is 0.0555. The zero-order valence-electron chi connectivity index (χ0n) is 15.1. The van der Waals surface area contributed by atoms with E-state index in [9.17, 15) is 13.2 Å². The number of aryl methyl sites for hydroxylation is 1. The Hall–Kier alpha value is -2.95. The molecule has 0 radical (unpaired) electrons. The molecule has 2 heterocycles. The van der Waals surface area contributed by atoms with Crippen molar-refractivity contribution in [3.8, 4) is 5.75 Å². The van der Waals surface area contributed by atoms with E-state index < -0.39 is 16.1 Å². The van der Waals surface area contributed by atoms with Crippen LogP contribution in [0, 0.1) is 6.92 Å². The topological polar surface area (TPSA) is 126 Å². The van der Waals surface area contributed by atoms with Crippen LogP contribution in [0.25, 0.3) is 0 Å². The number of sulfonamides is 1. The van der Waals surface area contributed by atoms with E-state index in [0.717, 1.165) is 0 Å². The number of amides is 1. The summed E-state index contributed by atoms with van der Waals surface area (Å²) in [6.07, 6.45) is 0. The van der Waals surface area contributed by atoms with Crippen molar-refractivity contribution in [2.45, 2.75) is 17.9 Å². The van der Waals surface area contributed by atoms with Crippen LogP contribution in [0.15, 0.2) is 47.4 Å². The molecule has 1 aliphatic rings. The van der Waals surface area contributed by atoms with E-state index >= 15 is 0 Å². The molecule has 1 atom stereocenters. The van der Waals surface area contributed by atoms with Crippen LogP contribution in [0.5, 0.6) is 5.75 Å². The molecule has 1 aromatic heterocycles. The second-order valence-corrected chi connectivity index (χ2v) is 8.45. The van der Waals surface area contributed by atoms with Crippen LogP contribution >= 0.6 is 11.6 Å². The highest BCUT2D eigenvalue weighted by molar-refractivity contribution is 7.89. The summed E-state index contributed by atoms with van der Waals surface area (Å²) in [6.45, 7) is 1.52. The first-order valence-electron chi connectivity index (χ1n) is 8.56. The highest BCUT2D eigenvalue weighted by Crippen LogP contribution is 2.36. The SMILES string of the molecule is Cc1nc(C(NS(=O)(=O)c2cc3c(cc2Cl)NC(=O)CO3)c2ccccc2)n[nH]1. The quantitative estimate of drug-likeness (QED) is 0.566. The average molecular weight is 434 g/mol. The highest BCUT2D eigenvalue weighted by Gasteiger charge is 2.29. The fourth-order valence-electron chi connectivity index (χ4n) is 2.91. The van der Waals surface area contributed by atoms with Crippen LogP contribution in [-0.4, -0.2) is 36.1 Å². The third-order valence-electron chi connectivity index (χ3n) is 4.24. The Bertz CT molecular complexity index is 1180. The molecule has 1 unspecified atom stereocenters. The molecule has 4 rings (SSSR count). The molecular formula is C18H16ClN5O4S. The number of benzene rings is 2. The summed E-state index contributed by atoms with van der Waals surface area (Å²) >= 11 is 6.21. The highest BCUT2D eigenvalue weighted by atomic mass is 35.5. The van der Waals surface area contributed by atoms with Crippen LogP contribution in [0.1, 0.15) is 23.3 Å². The maximum absolute atomic E-state index is 13.2. The number of fused-ring (bicyclic) bond motifs is 1. The maximum Gasteiger partial charge on any atom is 0.262 e. The molecule has 0 saturated heterocycles. The molecule has 0 bridgehead atoms. The smallest absolute Gasteiger partial charge is 0.262 e. The number of halogens is 1. The van der Waals surface area contributed by atoms with E-state index in [1.165, 1.54) is 12.1 Å². The Balaban J connectivity index is 1.73. The van der Waals surface area contributed by atoms with Crippen molar-refractivity contribution in [1.82, 2.24) is 19.9 Å². The van der Waals surface area contributed by atoms with Gasteiger partial charge < -0.3 is 10.1 Å². The average Bonchev–Trinajstić information content (AvgIpc) is 3.12. The fourth-order valence-corrected chi connectivity index (χ4v) is 4.64. The predicted octanol–water partition coefficient (Wildman–Crippen LogP) is 2.17. The van der Waals surface area contributed by atoms with E-state index in [4.69, 9.17) is 16.3 Å². The van der Waals surface area contributed by atoms with Crippen LogP contribution in [0.3, 0.4) is 0 Å². The second kappa shape index (κ2) is 7.47. The van der Waals surface area contributed by atoms with E-state index in [1.807, 2.05) is 6.07 Å². The summed E-state index contributed by atoms with van der Waals surface area (Å²) in [7, 11) is -4.09. The molecule has 2 aromatic carbocycles. The number of H-pyrrole nitrogens is 1. The van der Waals surface area contributed by atoms with Crippen molar-refractivity contribution in [1.29, 1.82) is 0 Å². The first kappa shape index (κ1) is 19.4. The molecular weight excluding hydrogens is 418 g/mol. The Morgan fingerprint density at radius 2 is 2.00 bits per heavy atom. The molecule has 9 nitrogen and oxygen atoms in total. The molecule has 3 aromatic rings. The number of anilines is 1. The number of aromatic nitrogens is 3. The fraction of sp³-hybridized carbons (Fsp3) is 0.167. The van der Waals surface area contributed by atoms with Gasteiger partial charge in [-0.1, -0.05) is 41.9 Å². The van der Waals surface area contributed by atoms with Gasteiger partial charge in [0.05, 0.1) is 10.7 Å². The Labute approximate surface area is 171 Å². The van der Waals surface area contributed by atoms with Crippen molar-refractivity contribution >= 4 is 33.2 Å². The van der Waals surface area contributed by atoms with Crippen LogP contribution in [0.2, 0.25) is 5.02 Å². The van der Waals surface area contributed by atoms with Gasteiger partial charge in [0.2, 0.25) is 10.0 Å². The lowest BCUT2D eigenvalue weighted by Crippen LogP contribution is -2.31. The van der Waals surface area contributed by atoms with Gasteiger partial charge in [0.1, 0.15) is 22.5 Å². The third kappa shape index (κ3) is 3.95. The number of ether oxygens (including phenoxy) is 1. The molecule has 0 spiro atoms. The molecule has 0 fully saturated rings. The van der Waals surface area contributed by atoms with Gasteiger partial charge in [-0.3, -0.25) is 9.89 Å². The van der Waals surface area contributed by atoms with Crippen molar-refractivity contribution in [3.63, 3.8) is 0 Å². The normalized spacial score (nSPS) is 14.6. The van der Waals surface area contributed by atoms with Crippen molar-refractivity contribution in [2.24, 2.45) is 0 Å². The van der Waals surface area contributed by atoms with Crippen LogP contribution < -0.4 is 14.8 Å². The summed E-state index contributed by atoms with van der Waals surface area (Å²) in [5.74, 6) is 0.705. The van der Waals surface area contributed by atoms with Crippen LogP contribution in [-0.2, 0) is 14.8 Å². The number of carbonyl (C=O) groups excluding carboxylic acids is 1. The van der Waals surface area contributed by atoms with Gasteiger partial charge in [-0.05, 0) is 18.6 Å². The number of hydrogen-bond donors (Lipinski definition) is 3. The van der Waals surface area contributed by atoms with Gasteiger partial charge in [0.25, 0.3) is 5.91 Å². The molecule has 11 heteroatoms. The summed E-state index contributed by atoms with van der Waals surface area (Å²) in [5, 5.41) is 9.35. The van der Waals surface area contributed by atoms with E-state index in [1.54, 1.807) is 31.2 Å². The number of hydrogen-bond acceptors (Lipinski definition) is 6. The van der Waals surface area contributed by atoms with Crippen LogP contribution in [0.4, 0.5) is 5.69 Å². The Morgan fingerprint density at radius 3 is 2.69 bits per heavy atom. The number of carbonyl (C=O) groups is 1. The summed E-state index contributed by atoms with van der Waals surface area (Å²) in [4.78, 5) is 15.5. The van der Waals surface area contributed by atoms with E-state index in [2.05, 4.69) is 25.2 Å². The minimum Gasteiger partial charge on any atom is -0.482 e. The first-order chi connectivity index (χ1) is 13.8. The minimum atomic E-state index is -4.09. The largest absolute Gasteiger partial charge is 0.482 e. The van der Waals surface area contributed by atoms with Gasteiger partial charge in [0, 0.05) is 6.07 Å². The molecule has 1 aliphatic heterocycles. The second-order valence-electron chi connectivity index (χ2n) is 6.36. The number of nitrogens with zero attached hydrogens (tertiary/aromatic N) is 2. The lowest BCUT2D eigenvalue weighted by molar-refractivity contribution is -0.118. The van der Waals surface area contributed by atoms with Crippen molar-refractivity contribution < 1.29 is 17.9 Å². The zero-order valence-corrected chi connectivity index (χ0v) is 16.7. The van der Waals surface area contributed by atoms with Crippen molar-refractivity contribution in [2.75, 3.05) is 11.9 Å². The molecule has 0 aliphatic carbocycles. The van der Waals surface area contributed by atoms with Gasteiger partial charge in [-0.25, -0.2) is 13.4 Å². The van der Waals surface area contributed by atoms with E-state index in [-0.39, 0.29) is 34.0 Å². The zero-order chi connectivity index (χ0) is 20.6. The molecule has 3 N–H and O–H groups in total. The number of nitrogens with one attached hydrogen (secondary N) is 3. The molecule has 0 saturated carbocycles. The van der Waals surface area contributed by atoms with Gasteiger partial charge in [0.15, 0.2) is 12.4 Å². The Morgan fingerprint density at radius 1 is 1.24 bits per heavy atom. The standard InChI is InChI=1S/C18H16ClN5O4S/c1-10-20-18(23-22-10)17(11-5-3-2-4-6-11)24-29(26,27)15-8-14-13(7-12(15)19)21-16(25)9-28-14/h2-8,17,24H,9H2,1H3,(H,21,25)(H,20,22,23). The van der Waals surface area contributed by atoms with E-state index in [0.29, 0.717) is 17.1 Å². The number of aromatic amines is 1. The maximum atomic E-state index is 13.2. The third-order valence-corrected chi connectivity index (χ3v) is 6.12. The lowest BCUT2D eigenvalue weighted by Gasteiger charge is -2.21. The number of rotatable bonds is 5.